The number of halogens is 2. The van der Waals surface area contributed by atoms with Crippen molar-refractivity contribution in [3.63, 3.8) is 0 Å². The molecular formula is C30H24F2N3O6PS. The van der Waals surface area contributed by atoms with Crippen molar-refractivity contribution in [2.45, 2.75) is 18.8 Å². The number of carboxylic acids is 1. The highest BCUT2D eigenvalue weighted by Gasteiger charge is 2.50. The smallest absolute Gasteiger partial charge is 0.399 e. The first-order valence-corrected chi connectivity index (χ1v) is 15.2. The van der Waals surface area contributed by atoms with E-state index in [0.717, 1.165) is 23.3 Å². The van der Waals surface area contributed by atoms with Crippen LogP contribution in [0, 0.1) is 0 Å². The van der Waals surface area contributed by atoms with Gasteiger partial charge in [-0.2, -0.15) is 8.78 Å². The second-order valence-corrected chi connectivity index (χ2v) is 12.1. The molecule has 0 bridgehead atoms. The molecule has 0 unspecified atom stereocenters. The van der Waals surface area contributed by atoms with Gasteiger partial charge in [-0.1, -0.05) is 78.1 Å². The molecule has 4 aromatic carbocycles. The molecule has 0 saturated carbocycles. The summed E-state index contributed by atoms with van der Waals surface area (Å²) in [5.74, 6) is 0.244. The number of hydrogen-bond acceptors (Lipinski definition) is 7. The second kappa shape index (κ2) is 12.4. The number of nitrogens with zero attached hydrogens (tertiary/aromatic N) is 3. The highest BCUT2D eigenvalue weighted by molar-refractivity contribution is 7.52. The third-order valence-electron chi connectivity index (χ3n) is 6.36. The Balaban J connectivity index is 1.42. The number of para-hydroxylation sites is 1. The standard InChI is InChI=1S/C30H24F2N3O6PS/c31-30(32,42(38,39)40)24-15-11-21(12-16-24)19-35(18-20-9-13-22(14-10-20)28(36)37)29-34-33-27(43-29)23-5-4-8-26(17-23)41-25-6-2-1-3-7-25/h1-17H,18-19H2,(H,36,37)(H2,38,39,40). The van der Waals surface area contributed by atoms with Crippen LogP contribution in [0.3, 0.4) is 0 Å². The minimum Gasteiger partial charge on any atom is -0.478 e. The van der Waals surface area contributed by atoms with Gasteiger partial charge >= 0.3 is 19.2 Å². The van der Waals surface area contributed by atoms with Crippen LogP contribution in [0.2, 0.25) is 0 Å². The molecule has 0 radical (unpaired) electrons. The molecule has 9 nitrogen and oxygen atoms in total. The van der Waals surface area contributed by atoms with Crippen molar-refractivity contribution in [3.05, 3.63) is 125 Å². The Labute approximate surface area is 248 Å². The van der Waals surface area contributed by atoms with Crippen molar-refractivity contribution in [1.82, 2.24) is 10.2 Å². The van der Waals surface area contributed by atoms with Gasteiger partial charge in [-0.25, -0.2) is 4.79 Å². The van der Waals surface area contributed by atoms with Crippen LogP contribution in [0.1, 0.15) is 27.0 Å². The molecule has 0 atom stereocenters. The summed E-state index contributed by atoms with van der Waals surface area (Å²) in [7, 11) is -5.70. The van der Waals surface area contributed by atoms with Gasteiger partial charge in [-0.15, -0.1) is 10.2 Å². The Bertz CT molecular complexity index is 1760. The maximum absolute atomic E-state index is 14.2. The average Bonchev–Trinajstić information content (AvgIpc) is 3.48. The molecule has 13 heteroatoms. The van der Waals surface area contributed by atoms with Crippen molar-refractivity contribution in [1.29, 1.82) is 0 Å². The van der Waals surface area contributed by atoms with Crippen LogP contribution in [0.5, 0.6) is 11.5 Å². The van der Waals surface area contributed by atoms with Gasteiger partial charge in [-0.3, -0.25) is 4.57 Å². The molecule has 0 aliphatic heterocycles. The highest BCUT2D eigenvalue weighted by Crippen LogP contribution is 2.59. The Kier molecular flexibility index (Phi) is 8.65. The van der Waals surface area contributed by atoms with Crippen molar-refractivity contribution in [2.75, 3.05) is 4.90 Å². The third kappa shape index (κ3) is 7.12. The Morgan fingerprint density at radius 2 is 1.44 bits per heavy atom. The van der Waals surface area contributed by atoms with Crippen molar-refractivity contribution in [2.24, 2.45) is 0 Å². The van der Waals surface area contributed by atoms with Gasteiger partial charge in [-0.05, 0) is 47.5 Å². The first kappa shape index (κ1) is 30.0. The predicted molar refractivity (Wildman–Crippen MR) is 158 cm³/mol. The van der Waals surface area contributed by atoms with E-state index in [9.17, 15) is 23.2 Å². The van der Waals surface area contributed by atoms with Gasteiger partial charge in [0, 0.05) is 24.2 Å². The predicted octanol–water partition coefficient (Wildman–Crippen LogP) is 7.13. The molecule has 1 heterocycles. The van der Waals surface area contributed by atoms with E-state index in [1.165, 1.54) is 35.6 Å². The monoisotopic (exact) mass is 623 g/mol. The number of carbonyl (C=O) groups is 1. The molecule has 0 aliphatic carbocycles. The molecule has 1 aromatic heterocycles. The number of carboxylic acid groups (broad SMARTS) is 1. The summed E-state index contributed by atoms with van der Waals surface area (Å²) in [5, 5.41) is 19.1. The lowest BCUT2D eigenvalue weighted by Gasteiger charge is -2.22. The molecule has 0 amide bonds. The number of hydrogen-bond donors (Lipinski definition) is 3. The van der Waals surface area contributed by atoms with Gasteiger partial charge in [0.25, 0.3) is 0 Å². The van der Waals surface area contributed by atoms with Gasteiger partial charge < -0.3 is 24.5 Å². The number of aromatic nitrogens is 2. The molecule has 0 fully saturated rings. The Morgan fingerprint density at radius 1 is 0.837 bits per heavy atom. The largest absolute Gasteiger partial charge is 0.478 e. The van der Waals surface area contributed by atoms with E-state index in [0.29, 0.717) is 27.2 Å². The maximum Gasteiger partial charge on any atom is 0.399 e. The second-order valence-electron chi connectivity index (χ2n) is 9.47. The maximum atomic E-state index is 14.2. The summed E-state index contributed by atoms with van der Waals surface area (Å²) < 4.78 is 45.6. The zero-order valence-corrected chi connectivity index (χ0v) is 24.0. The van der Waals surface area contributed by atoms with Crippen LogP contribution in [0.4, 0.5) is 13.9 Å². The van der Waals surface area contributed by atoms with Crippen LogP contribution in [0.25, 0.3) is 10.6 Å². The SMILES string of the molecule is O=C(O)c1ccc(CN(Cc2ccc(C(F)(F)P(=O)(O)O)cc2)c2nnc(-c3cccc(Oc4ccccc4)c3)s2)cc1. The van der Waals surface area contributed by atoms with Crippen LogP contribution in [0.15, 0.2) is 103 Å². The average molecular weight is 624 g/mol. The van der Waals surface area contributed by atoms with E-state index in [1.807, 2.05) is 59.5 Å². The van der Waals surface area contributed by atoms with Crippen LogP contribution in [-0.4, -0.2) is 31.1 Å². The summed E-state index contributed by atoms with van der Waals surface area (Å²) in [5.41, 5.74) is -2.87. The number of benzene rings is 4. The van der Waals surface area contributed by atoms with Gasteiger partial charge in [0.1, 0.15) is 16.5 Å². The van der Waals surface area contributed by atoms with E-state index in [-0.39, 0.29) is 18.7 Å². The van der Waals surface area contributed by atoms with Gasteiger partial charge in [0.05, 0.1) is 5.56 Å². The molecule has 0 spiro atoms. The number of alkyl halides is 2. The van der Waals surface area contributed by atoms with Gasteiger partial charge in [0.2, 0.25) is 5.13 Å². The zero-order valence-electron chi connectivity index (χ0n) is 22.2. The van der Waals surface area contributed by atoms with Crippen LogP contribution < -0.4 is 9.64 Å². The fourth-order valence-corrected chi connectivity index (χ4v) is 5.47. The van der Waals surface area contributed by atoms with Crippen molar-refractivity contribution in [3.8, 4) is 22.1 Å². The summed E-state index contributed by atoms with van der Waals surface area (Å²) in [6.45, 7) is 0.473. The van der Waals surface area contributed by atoms with E-state index >= 15 is 0 Å². The number of aromatic carboxylic acids is 1. The van der Waals surface area contributed by atoms with Crippen molar-refractivity contribution < 1.29 is 37.8 Å². The van der Waals surface area contributed by atoms with E-state index in [4.69, 9.17) is 14.5 Å². The lowest BCUT2D eigenvalue weighted by molar-refractivity contribution is 0.0564. The minimum atomic E-state index is -5.70. The Morgan fingerprint density at radius 3 is 2.05 bits per heavy atom. The summed E-state index contributed by atoms with van der Waals surface area (Å²) in [4.78, 5) is 31.3. The normalized spacial score (nSPS) is 11.7. The molecule has 220 valence electrons. The van der Waals surface area contributed by atoms with E-state index in [1.54, 1.807) is 12.1 Å². The number of ether oxygens (including phenoxy) is 1. The van der Waals surface area contributed by atoms with Gasteiger partial charge in [0.15, 0.2) is 0 Å². The van der Waals surface area contributed by atoms with Crippen LogP contribution >= 0.6 is 18.9 Å². The molecule has 0 aliphatic rings. The molecule has 0 saturated heterocycles. The lowest BCUT2D eigenvalue weighted by atomic mass is 10.1. The first-order chi connectivity index (χ1) is 20.5. The molecule has 3 N–H and O–H groups in total. The summed E-state index contributed by atoms with van der Waals surface area (Å²) >= 11 is 1.30. The molecule has 43 heavy (non-hydrogen) atoms. The number of rotatable bonds is 11. The number of anilines is 1. The molecular weight excluding hydrogens is 599 g/mol. The third-order valence-corrected chi connectivity index (χ3v) is 8.38. The highest BCUT2D eigenvalue weighted by atomic mass is 32.1. The summed E-state index contributed by atoms with van der Waals surface area (Å²) in [6.07, 6.45) is 0. The van der Waals surface area contributed by atoms with E-state index < -0.39 is 24.8 Å². The fraction of sp³-hybridized carbons (Fsp3) is 0.100. The zero-order chi connectivity index (χ0) is 30.6. The topological polar surface area (TPSA) is 133 Å². The summed E-state index contributed by atoms with van der Waals surface area (Å²) in [6, 6.07) is 27.7. The Hall–Kier alpha value is -4.48. The molecule has 5 rings (SSSR count). The quantitative estimate of drug-likeness (QED) is 0.131. The van der Waals surface area contributed by atoms with Crippen molar-refractivity contribution >= 4 is 30.0 Å². The molecule has 5 aromatic rings. The first-order valence-electron chi connectivity index (χ1n) is 12.8. The fourth-order valence-electron chi connectivity index (χ4n) is 4.14. The lowest BCUT2D eigenvalue weighted by Crippen LogP contribution is -2.22. The minimum absolute atomic E-state index is 0.132. The van der Waals surface area contributed by atoms with Crippen LogP contribution in [-0.2, 0) is 23.3 Å². The van der Waals surface area contributed by atoms with E-state index in [2.05, 4.69) is 10.2 Å².